The molecular formula is C24H17BrClFN2O4S. The Morgan fingerprint density at radius 1 is 1.18 bits per heavy atom. The molecule has 0 spiro atoms. The zero-order valence-electron chi connectivity index (χ0n) is 17.8. The second kappa shape index (κ2) is 10.6. The quantitative estimate of drug-likeness (QED) is 0.307. The van der Waals surface area contributed by atoms with Crippen molar-refractivity contribution in [3.63, 3.8) is 0 Å². The Balaban J connectivity index is 1.54. The number of hydrogen-bond donors (Lipinski definition) is 0. The molecule has 4 rings (SSSR count). The van der Waals surface area contributed by atoms with Gasteiger partial charge in [0, 0.05) is 17.4 Å². The smallest absolute Gasteiger partial charge is 0.293 e. The predicted octanol–water partition coefficient (Wildman–Crippen LogP) is 6.46. The number of ether oxygens (including phenoxy) is 2. The minimum absolute atomic E-state index is 0.0457. The summed E-state index contributed by atoms with van der Waals surface area (Å²) in [6, 6.07) is 11.0. The number of hydrogen-bond acceptors (Lipinski definition) is 6. The van der Waals surface area contributed by atoms with Crippen molar-refractivity contribution in [3.05, 3.63) is 91.8 Å². The molecule has 0 N–H and O–H groups in total. The number of carbonyl (C=O) groups is 2. The average molecular weight is 564 g/mol. The molecule has 1 aliphatic rings. The van der Waals surface area contributed by atoms with Gasteiger partial charge in [0.05, 0.1) is 23.0 Å². The Kier molecular flexibility index (Phi) is 7.55. The van der Waals surface area contributed by atoms with E-state index in [2.05, 4.69) is 20.9 Å². The van der Waals surface area contributed by atoms with Crippen LogP contribution in [0.2, 0.25) is 5.02 Å². The van der Waals surface area contributed by atoms with Crippen molar-refractivity contribution in [2.75, 3.05) is 7.11 Å². The van der Waals surface area contributed by atoms with E-state index in [1.165, 1.54) is 19.2 Å². The Morgan fingerprint density at radius 3 is 2.65 bits per heavy atom. The maximum absolute atomic E-state index is 13.3. The van der Waals surface area contributed by atoms with Gasteiger partial charge in [-0.3, -0.25) is 19.5 Å². The molecule has 6 nitrogen and oxygen atoms in total. The molecule has 0 unspecified atom stereocenters. The van der Waals surface area contributed by atoms with Crippen LogP contribution in [-0.4, -0.2) is 28.1 Å². The van der Waals surface area contributed by atoms with Gasteiger partial charge in [0.25, 0.3) is 11.1 Å². The maximum Gasteiger partial charge on any atom is 0.293 e. The zero-order valence-corrected chi connectivity index (χ0v) is 20.9. The minimum Gasteiger partial charge on any atom is -0.493 e. The molecule has 0 atom stereocenters. The standard InChI is InChI=1S/C24H17BrClFN2O4S/c1-32-20-9-15(8-18(25)22(20)33-13-14-4-6-28-7-5-14)10-21-23(30)29(24(31)34-21)12-16-2-3-17(27)11-19(16)26/h2-11H,12-13H2,1H3/b21-10-. The summed E-state index contributed by atoms with van der Waals surface area (Å²) < 4.78 is 25.3. The van der Waals surface area contributed by atoms with Crippen molar-refractivity contribution in [2.45, 2.75) is 13.2 Å². The van der Waals surface area contributed by atoms with Crippen LogP contribution in [0.1, 0.15) is 16.7 Å². The molecule has 1 aromatic heterocycles. The molecule has 0 radical (unpaired) electrons. The lowest BCUT2D eigenvalue weighted by molar-refractivity contribution is -0.123. The number of rotatable bonds is 7. The molecule has 1 aliphatic heterocycles. The van der Waals surface area contributed by atoms with E-state index in [4.69, 9.17) is 21.1 Å². The first-order chi connectivity index (χ1) is 16.4. The van der Waals surface area contributed by atoms with E-state index >= 15 is 0 Å². The SMILES string of the molecule is COc1cc(/C=C2\SC(=O)N(Cc3ccc(F)cc3Cl)C2=O)cc(Br)c1OCc1ccncc1. The van der Waals surface area contributed by atoms with E-state index in [0.717, 1.165) is 28.3 Å². The lowest BCUT2D eigenvalue weighted by atomic mass is 10.1. The highest BCUT2D eigenvalue weighted by molar-refractivity contribution is 9.10. The molecule has 10 heteroatoms. The number of benzene rings is 2. The number of nitrogens with zero attached hydrogens (tertiary/aromatic N) is 2. The Bertz CT molecular complexity index is 1290. The molecule has 0 aliphatic carbocycles. The van der Waals surface area contributed by atoms with Gasteiger partial charge < -0.3 is 9.47 Å². The molecule has 3 aromatic rings. The molecule has 2 heterocycles. The van der Waals surface area contributed by atoms with Gasteiger partial charge in [-0.2, -0.15) is 0 Å². The number of thioether (sulfide) groups is 1. The minimum atomic E-state index is -0.490. The number of pyridine rings is 1. The van der Waals surface area contributed by atoms with Gasteiger partial charge in [0.15, 0.2) is 11.5 Å². The summed E-state index contributed by atoms with van der Waals surface area (Å²) in [5.41, 5.74) is 2.07. The molecule has 0 bridgehead atoms. The van der Waals surface area contributed by atoms with Crippen LogP contribution >= 0.6 is 39.3 Å². The second-order valence-electron chi connectivity index (χ2n) is 7.18. The summed E-state index contributed by atoms with van der Waals surface area (Å²) in [4.78, 5) is 30.7. The summed E-state index contributed by atoms with van der Waals surface area (Å²) in [5.74, 6) is 0.0292. The molecule has 1 fully saturated rings. The average Bonchev–Trinajstić information content (AvgIpc) is 3.07. The lowest BCUT2D eigenvalue weighted by Gasteiger charge is -2.14. The normalized spacial score (nSPS) is 14.7. The van der Waals surface area contributed by atoms with Gasteiger partial charge in [-0.1, -0.05) is 17.7 Å². The predicted molar refractivity (Wildman–Crippen MR) is 132 cm³/mol. The van der Waals surface area contributed by atoms with Gasteiger partial charge in [0.2, 0.25) is 0 Å². The van der Waals surface area contributed by atoms with Crippen LogP contribution in [0.3, 0.4) is 0 Å². The molecular weight excluding hydrogens is 547 g/mol. The van der Waals surface area contributed by atoms with Gasteiger partial charge in [-0.15, -0.1) is 0 Å². The monoisotopic (exact) mass is 562 g/mol. The van der Waals surface area contributed by atoms with Crippen molar-refractivity contribution < 1.29 is 23.5 Å². The fourth-order valence-corrected chi connectivity index (χ4v) is 4.85. The molecule has 174 valence electrons. The fourth-order valence-electron chi connectivity index (χ4n) is 3.21. The summed E-state index contributed by atoms with van der Waals surface area (Å²) in [6.07, 6.45) is 4.98. The van der Waals surface area contributed by atoms with Crippen molar-refractivity contribution in [1.29, 1.82) is 0 Å². The summed E-state index contributed by atoms with van der Waals surface area (Å²) >= 11 is 10.4. The van der Waals surface area contributed by atoms with Crippen molar-refractivity contribution in [2.24, 2.45) is 0 Å². The summed E-state index contributed by atoms with van der Waals surface area (Å²) in [5, 5.41) is -0.279. The van der Waals surface area contributed by atoms with E-state index in [-0.39, 0.29) is 16.5 Å². The van der Waals surface area contributed by atoms with E-state index in [1.807, 2.05) is 12.1 Å². The van der Waals surface area contributed by atoms with Crippen molar-refractivity contribution >= 4 is 56.5 Å². The summed E-state index contributed by atoms with van der Waals surface area (Å²) in [7, 11) is 1.52. The van der Waals surface area contributed by atoms with Crippen LogP contribution in [0.4, 0.5) is 9.18 Å². The van der Waals surface area contributed by atoms with Gasteiger partial charge >= 0.3 is 0 Å². The maximum atomic E-state index is 13.3. The number of methoxy groups -OCH3 is 1. The van der Waals surface area contributed by atoms with Gasteiger partial charge in [-0.25, -0.2) is 4.39 Å². The van der Waals surface area contributed by atoms with Gasteiger partial charge in [0.1, 0.15) is 12.4 Å². The summed E-state index contributed by atoms with van der Waals surface area (Å²) in [6.45, 7) is 0.275. The first-order valence-corrected chi connectivity index (χ1v) is 11.9. The van der Waals surface area contributed by atoms with Crippen LogP contribution in [0.25, 0.3) is 6.08 Å². The zero-order chi connectivity index (χ0) is 24.2. The van der Waals surface area contributed by atoms with Crippen LogP contribution in [0, 0.1) is 5.82 Å². The first kappa shape index (κ1) is 24.3. The third kappa shape index (κ3) is 5.43. The van der Waals surface area contributed by atoms with E-state index in [9.17, 15) is 14.0 Å². The van der Waals surface area contributed by atoms with Crippen molar-refractivity contribution in [1.82, 2.24) is 9.88 Å². The number of aromatic nitrogens is 1. The van der Waals surface area contributed by atoms with E-state index in [1.54, 1.807) is 30.6 Å². The van der Waals surface area contributed by atoms with Crippen LogP contribution in [0.15, 0.2) is 64.2 Å². The number of imide groups is 1. The molecule has 2 aromatic carbocycles. The first-order valence-electron chi connectivity index (χ1n) is 9.94. The Hall–Kier alpha value is -2.88. The largest absolute Gasteiger partial charge is 0.493 e. The highest BCUT2D eigenvalue weighted by Crippen LogP contribution is 2.40. The molecule has 34 heavy (non-hydrogen) atoms. The van der Waals surface area contributed by atoms with Gasteiger partial charge in [-0.05, 0) is 86.9 Å². The highest BCUT2D eigenvalue weighted by Gasteiger charge is 2.35. The topological polar surface area (TPSA) is 68.7 Å². The third-order valence-electron chi connectivity index (χ3n) is 4.90. The Morgan fingerprint density at radius 2 is 1.94 bits per heavy atom. The van der Waals surface area contributed by atoms with E-state index in [0.29, 0.717) is 33.7 Å². The second-order valence-corrected chi connectivity index (χ2v) is 9.44. The lowest BCUT2D eigenvalue weighted by Crippen LogP contribution is -2.27. The number of carbonyl (C=O) groups excluding carboxylic acids is 2. The Labute approximate surface area is 212 Å². The van der Waals surface area contributed by atoms with Crippen molar-refractivity contribution in [3.8, 4) is 11.5 Å². The molecule has 0 saturated carbocycles. The third-order valence-corrected chi connectivity index (χ3v) is 6.75. The highest BCUT2D eigenvalue weighted by atomic mass is 79.9. The number of amides is 2. The molecule has 2 amide bonds. The molecule has 1 saturated heterocycles. The number of halogens is 3. The van der Waals surface area contributed by atoms with Crippen LogP contribution in [0.5, 0.6) is 11.5 Å². The fraction of sp³-hybridized carbons (Fsp3) is 0.125. The van der Waals surface area contributed by atoms with Crippen LogP contribution in [-0.2, 0) is 17.9 Å². The van der Waals surface area contributed by atoms with Crippen LogP contribution < -0.4 is 9.47 Å². The van der Waals surface area contributed by atoms with E-state index < -0.39 is 17.0 Å².